The van der Waals surface area contributed by atoms with E-state index in [-0.39, 0.29) is 10.6 Å². The maximum Gasteiger partial charge on any atom is 0.269 e. The monoisotopic (exact) mass is 293 g/mol. The van der Waals surface area contributed by atoms with Gasteiger partial charge in [-0.1, -0.05) is 25.6 Å². The zero-order chi connectivity index (χ0) is 14.9. The second-order valence-electron chi connectivity index (χ2n) is 5.36. The van der Waals surface area contributed by atoms with E-state index in [1.807, 2.05) is 6.92 Å². The highest BCUT2D eigenvalue weighted by Crippen LogP contribution is 2.31. The second-order valence-corrected chi connectivity index (χ2v) is 6.34. The Balaban J connectivity index is 2.26. The molecule has 0 amide bonds. The lowest BCUT2D eigenvalue weighted by Gasteiger charge is -2.24. The van der Waals surface area contributed by atoms with E-state index < -0.39 is 0 Å². The molecule has 108 valence electrons. The van der Waals surface area contributed by atoms with E-state index in [9.17, 15) is 10.1 Å². The summed E-state index contributed by atoms with van der Waals surface area (Å²) in [5, 5.41) is 11.7. The predicted molar refractivity (Wildman–Crippen MR) is 83.8 cm³/mol. The molecule has 1 aromatic carbocycles. The predicted octanol–water partition coefficient (Wildman–Crippen LogP) is 3.59. The van der Waals surface area contributed by atoms with Crippen LogP contribution in [0.3, 0.4) is 0 Å². The zero-order valence-corrected chi connectivity index (χ0v) is 13.0. The number of hydrogen-bond donors (Lipinski definition) is 0. The zero-order valence-electron chi connectivity index (χ0n) is 12.2. The quantitative estimate of drug-likeness (QED) is 0.631. The van der Waals surface area contributed by atoms with Crippen LogP contribution < -0.4 is 0 Å². The van der Waals surface area contributed by atoms with E-state index in [0.29, 0.717) is 12.0 Å². The first kappa shape index (κ1) is 14.8. The van der Waals surface area contributed by atoms with E-state index in [2.05, 4.69) is 30.8 Å². The third-order valence-electron chi connectivity index (χ3n) is 3.56. The van der Waals surface area contributed by atoms with Gasteiger partial charge in [-0.25, -0.2) is 4.99 Å². The van der Waals surface area contributed by atoms with Crippen molar-refractivity contribution in [2.45, 2.75) is 26.8 Å². The molecule has 1 atom stereocenters. The molecule has 0 radical (unpaired) electrons. The van der Waals surface area contributed by atoms with Crippen LogP contribution in [0.15, 0.2) is 23.2 Å². The molecule has 5 nitrogen and oxygen atoms in total. The topological polar surface area (TPSA) is 58.7 Å². The fourth-order valence-corrected chi connectivity index (χ4v) is 3.68. The summed E-state index contributed by atoms with van der Waals surface area (Å²) in [5.41, 5.74) is 1.74. The van der Waals surface area contributed by atoms with Crippen LogP contribution in [0.4, 0.5) is 11.4 Å². The number of amidine groups is 1. The van der Waals surface area contributed by atoms with Gasteiger partial charge in [0.05, 0.1) is 10.6 Å². The first-order valence-corrected chi connectivity index (χ1v) is 7.58. The number of non-ortho nitro benzene ring substituents is 1. The van der Waals surface area contributed by atoms with Gasteiger partial charge in [-0.05, 0) is 24.5 Å². The van der Waals surface area contributed by atoms with Gasteiger partial charge in [0.1, 0.15) is 0 Å². The largest absolute Gasteiger partial charge is 0.350 e. The van der Waals surface area contributed by atoms with E-state index in [0.717, 1.165) is 22.2 Å². The molecule has 1 heterocycles. The highest BCUT2D eigenvalue weighted by molar-refractivity contribution is 8.14. The molecule has 1 aliphatic rings. The number of nitrogens with zero attached hydrogens (tertiary/aromatic N) is 3. The van der Waals surface area contributed by atoms with Crippen LogP contribution in [0.2, 0.25) is 0 Å². The van der Waals surface area contributed by atoms with Crippen LogP contribution in [0.5, 0.6) is 0 Å². The van der Waals surface area contributed by atoms with Crippen LogP contribution >= 0.6 is 11.8 Å². The van der Waals surface area contributed by atoms with Crippen molar-refractivity contribution in [2.24, 2.45) is 10.9 Å². The van der Waals surface area contributed by atoms with Crippen molar-refractivity contribution in [3.8, 4) is 0 Å². The fourth-order valence-electron chi connectivity index (χ4n) is 2.25. The summed E-state index contributed by atoms with van der Waals surface area (Å²) >= 11 is 1.74. The molecule has 0 aromatic heterocycles. The van der Waals surface area contributed by atoms with Crippen LogP contribution in [-0.2, 0) is 0 Å². The summed E-state index contributed by atoms with van der Waals surface area (Å²) in [6.07, 6.45) is 0. The highest BCUT2D eigenvalue weighted by Gasteiger charge is 2.29. The number of nitro groups is 1. The Morgan fingerprint density at radius 1 is 1.50 bits per heavy atom. The SMILES string of the molecule is Cc1cc([N+](=O)[O-])ccc1N=C1SC[C@@H](C(C)C)N1C. The molecule has 1 aromatic rings. The average Bonchev–Trinajstić information content (AvgIpc) is 2.73. The van der Waals surface area contributed by atoms with Crippen molar-refractivity contribution in [1.82, 2.24) is 4.90 Å². The molecule has 0 spiro atoms. The van der Waals surface area contributed by atoms with Crippen molar-refractivity contribution < 1.29 is 4.92 Å². The Kier molecular flexibility index (Phi) is 4.32. The molecular formula is C14H19N3O2S. The minimum absolute atomic E-state index is 0.110. The molecule has 0 bridgehead atoms. The minimum atomic E-state index is -0.380. The summed E-state index contributed by atoms with van der Waals surface area (Å²) in [5.74, 6) is 1.62. The van der Waals surface area contributed by atoms with Crippen LogP contribution in [0.1, 0.15) is 19.4 Å². The standard InChI is InChI=1S/C14H19N3O2S/c1-9(2)13-8-20-14(16(13)4)15-12-6-5-11(17(18)19)7-10(12)3/h5-7,9,13H,8H2,1-4H3/t13-/m0/s1. The van der Waals surface area contributed by atoms with Crippen molar-refractivity contribution in [2.75, 3.05) is 12.8 Å². The normalized spacial score (nSPS) is 20.9. The lowest BCUT2D eigenvalue weighted by Crippen LogP contribution is -2.33. The van der Waals surface area contributed by atoms with Crippen LogP contribution in [-0.4, -0.2) is 33.8 Å². The fraction of sp³-hybridized carbons (Fsp3) is 0.500. The number of aryl methyl sites for hydroxylation is 1. The lowest BCUT2D eigenvalue weighted by molar-refractivity contribution is -0.384. The number of thioether (sulfide) groups is 1. The van der Waals surface area contributed by atoms with E-state index >= 15 is 0 Å². The Morgan fingerprint density at radius 3 is 2.70 bits per heavy atom. The van der Waals surface area contributed by atoms with Gasteiger partial charge < -0.3 is 4.90 Å². The Labute approximate surface area is 123 Å². The van der Waals surface area contributed by atoms with Gasteiger partial charge in [-0.15, -0.1) is 0 Å². The molecule has 1 saturated heterocycles. The first-order chi connectivity index (χ1) is 9.40. The third-order valence-corrected chi connectivity index (χ3v) is 4.70. The second kappa shape index (κ2) is 5.83. The molecule has 20 heavy (non-hydrogen) atoms. The summed E-state index contributed by atoms with van der Waals surface area (Å²) in [6.45, 7) is 6.27. The number of hydrogen-bond acceptors (Lipinski definition) is 4. The average molecular weight is 293 g/mol. The van der Waals surface area contributed by atoms with Gasteiger partial charge >= 0.3 is 0 Å². The van der Waals surface area contributed by atoms with Crippen molar-refractivity contribution in [3.05, 3.63) is 33.9 Å². The van der Waals surface area contributed by atoms with Gasteiger partial charge in [0.2, 0.25) is 0 Å². The molecule has 2 rings (SSSR count). The molecule has 0 unspecified atom stereocenters. The Morgan fingerprint density at radius 2 is 2.20 bits per heavy atom. The molecule has 0 N–H and O–H groups in total. The van der Waals surface area contributed by atoms with Crippen molar-refractivity contribution in [1.29, 1.82) is 0 Å². The summed E-state index contributed by atoms with van der Waals surface area (Å²) < 4.78 is 0. The van der Waals surface area contributed by atoms with Crippen LogP contribution in [0, 0.1) is 23.0 Å². The van der Waals surface area contributed by atoms with Crippen molar-refractivity contribution >= 4 is 28.3 Å². The highest BCUT2D eigenvalue weighted by atomic mass is 32.2. The van der Waals surface area contributed by atoms with Crippen LogP contribution in [0.25, 0.3) is 0 Å². The Hall–Kier alpha value is -1.56. The summed E-state index contributed by atoms with van der Waals surface area (Å²) in [6, 6.07) is 5.29. The van der Waals surface area contributed by atoms with Gasteiger partial charge in [0.25, 0.3) is 5.69 Å². The van der Waals surface area contributed by atoms with Gasteiger partial charge in [0.15, 0.2) is 5.17 Å². The summed E-state index contributed by atoms with van der Waals surface area (Å²) in [4.78, 5) is 17.2. The maximum absolute atomic E-state index is 10.7. The molecule has 0 saturated carbocycles. The number of rotatable bonds is 3. The number of aliphatic imine (C=N–C) groups is 1. The van der Waals surface area contributed by atoms with Gasteiger partial charge in [0, 0.05) is 31.0 Å². The van der Waals surface area contributed by atoms with Gasteiger partial charge in [-0.2, -0.15) is 0 Å². The van der Waals surface area contributed by atoms with E-state index in [4.69, 9.17) is 0 Å². The first-order valence-electron chi connectivity index (χ1n) is 6.59. The van der Waals surface area contributed by atoms with Gasteiger partial charge in [-0.3, -0.25) is 10.1 Å². The van der Waals surface area contributed by atoms with Crippen molar-refractivity contribution in [3.63, 3.8) is 0 Å². The summed E-state index contributed by atoms with van der Waals surface area (Å²) in [7, 11) is 2.06. The number of nitro benzene ring substituents is 1. The molecule has 1 aliphatic heterocycles. The third kappa shape index (κ3) is 2.95. The molecule has 1 fully saturated rings. The minimum Gasteiger partial charge on any atom is -0.350 e. The van der Waals surface area contributed by atoms with E-state index in [1.165, 1.54) is 6.07 Å². The molecule has 0 aliphatic carbocycles. The molecular weight excluding hydrogens is 274 g/mol. The maximum atomic E-state index is 10.7. The number of benzene rings is 1. The van der Waals surface area contributed by atoms with E-state index in [1.54, 1.807) is 23.9 Å². The Bertz CT molecular complexity index is 557. The lowest BCUT2D eigenvalue weighted by atomic mass is 10.1. The molecule has 6 heteroatoms. The smallest absolute Gasteiger partial charge is 0.269 e.